The Morgan fingerprint density at radius 1 is 0.914 bits per heavy atom. The van der Waals surface area contributed by atoms with Crippen molar-refractivity contribution in [2.24, 2.45) is 5.73 Å². The number of piperazine rings is 1. The van der Waals surface area contributed by atoms with Gasteiger partial charge >= 0.3 is 0 Å². The zero-order chi connectivity index (χ0) is 24.7. The van der Waals surface area contributed by atoms with Crippen LogP contribution in [0.1, 0.15) is 46.4 Å². The van der Waals surface area contributed by atoms with Gasteiger partial charge < -0.3 is 15.5 Å². The van der Waals surface area contributed by atoms with Crippen LogP contribution in [0, 0.1) is 0 Å². The number of hydrogen-bond donors (Lipinski definition) is 2. The number of carbonyl (C=O) groups excluding carboxylic acids is 5. The van der Waals surface area contributed by atoms with E-state index in [-0.39, 0.29) is 35.9 Å². The molecule has 11 heteroatoms. The van der Waals surface area contributed by atoms with E-state index in [2.05, 4.69) is 15.1 Å². The molecule has 4 heterocycles. The summed E-state index contributed by atoms with van der Waals surface area (Å²) in [5.41, 5.74) is 7.31. The molecule has 11 nitrogen and oxygen atoms in total. The van der Waals surface area contributed by atoms with E-state index in [0.29, 0.717) is 32.7 Å². The number of imide groups is 2. The Morgan fingerprint density at radius 3 is 2.29 bits per heavy atom. The molecule has 0 saturated carbocycles. The molecule has 3 fully saturated rings. The average molecular weight is 483 g/mol. The largest absolute Gasteiger partial charge is 0.369 e. The van der Waals surface area contributed by atoms with Gasteiger partial charge in [-0.3, -0.25) is 39.1 Å². The highest BCUT2D eigenvalue weighted by atomic mass is 16.2. The van der Waals surface area contributed by atoms with Gasteiger partial charge in [0.1, 0.15) is 6.04 Å². The zero-order valence-corrected chi connectivity index (χ0v) is 19.6. The van der Waals surface area contributed by atoms with Crippen LogP contribution in [0.15, 0.2) is 18.2 Å². The van der Waals surface area contributed by atoms with Gasteiger partial charge in [0.2, 0.25) is 17.7 Å². The van der Waals surface area contributed by atoms with Gasteiger partial charge in [0, 0.05) is 57.4 Å². The molecule has 5 rings (SSSR count). The molecule has 0 radical (unpaired) electrons. The Labute approximate surface area is 203 Å². The molecular weight excluding hydrogens is 452 g/mol. The first-order valence-corrected chi connectivity index (χ1v) is 12.2. The molecule has 0 bridgehead atoms. The Balaban J connectivity index is 1.20. The third kappa shape index (κ3) is 4.53. The van der Waals surface area contributed by atoms with Crippen LogP contribution in [0.4, 0.5) is 5.69 Å². The summed E-state index contributed by atoms with van der Waals surface area (Å²) in [6, 6.07) is 4.37. The van der Waals surface area contributed by atoms with Crippen molar-refractivity contribution in [3.63, 3.8) is 0 Å². The topological polar surface area (TPSA) is 136 Å². The molecule has 0 aromatic heterocycles. The fraction of sp³-hybridized carbons (Fsp3) is 0.542. The number of nitrogens with zero attached hydrogens (tertiary/aromatic N) is 4. The third-order valence-electron chi connectivity index (χ3n) is 7.41. The minimum absolute atomic E-state index is 0.0904. The Morgan fingerprint density at radius 2 is 1.60 bits per heavy atom. The molecule has 4 aliphatic rings. The molecule has 1 atom stereocenters. The van der Waals surface area contributed by atoms with Crippen molar-refractivity contribution in [2.75, 3.05) is 50.7 Å². The predicted molar refractivity (Wildman–Crippen MR) is 126 cm³/mol. The van der Waals surface area contributed by atoms with Gasteiger partial charge in [0.15, 0.2) is 0 Å². The molecule has 1 aromatic carbocycles. The number of hydrogen-bond acceptors (Lipinski definition) is 8. The maximum atomic E-state index is 13.1. The number of likely N-dealkylation sites (tertiary alicyclic amines) is 1. The fourth-order valence-corrected chi connectivity index (χ4v) is 5.26. The van der Waals surface area contributed by atoms with Crippen LogP contribution in [0.25, 0.3) is 0 Å². The molecule has 0 aliphatic carbocycles. The van der Waals surface area contributed by atoms with Gasteiger partial charge in [0.25, 0.3) is 11.8 Å². The maximum absolute atomic E-state index is 13.1. The molecule has 3 saturated heterocycles. The number of nitrogens with two attached hydrogens (primary N) is 1. The lowest BCUT2D eigenvalue weighted by Crippen LogP contribution is -2.54. The lowest BCUT2D eigenvalue weighted by Gasteiger charge is -2.37. The molecule has 3 N–H and O–H groups in total. The van der Waals surface area contributed by atoms with Crippen molar-refractivity contribution < 1.29 is 24.0 Å². The van der Waals surface area contributed by atoms with Crippen LogP contribution in [0.3, 0.4) is 0 Å². The molecule has 1 aromatic rings. The quantitative estimate of drug-likeness (QED) is 0.530. The highest BCUT2D eigenvalue weighted by Gasteiger charge is 2.44. The number of anilines is 1. The van der Waals surface area contributed by atoms with E-state index in [1.54, 1.807) is 12.1 Å². The van der Waals surface area contributed by atoms with Crippen molar-refractivity contribution in [1.29, 1.82) is 0 Å². The predicted octanol–water partition coefficient (Wildman–Crippen LogP) is -0.840. The third-order valence-corrected chi connectivity index (χ3v) is 7.41. The van der Waals surface area contributed by atoms with Gasteiger partial charge in [-0.1, -0.05) is 0 Å². The summed E-state index contributed by atoms with van der Waals surface area (Å²) in [6.45, 7) is 4.64. The molecule has 4 aliphatic heterocycles. The summed E-state index contributed by atoms with van der Waals surface area (Å²) in [4.78, 5) is 69.4. The van der Waals surface area contributed by atoms with E-state index in [1.165, 1.54) is 0 Å². The number of carbonyl (C=O) groups is 5. The monoisotopic (exact) mass is 482 g/mol. The number of piperidine rings is 2. The number of amides is 5. The average Bonchev–Trinajstić information content (AvgIpc) is 3.09. The van der Waals surface area contributed by atoms with Crippen LogP contribution in [0.5, 0.6) is 0 Å². The summed E-state index contributed by atoms with van der Waals surface area (Å²) in [5, 5.41) is 2.21. The van der Waals surface area contributed by atoms with Gasteiger partial charge in [-0.15, -0.1) is 0 Å². The molecule has 186 valence electrons. The molecule has 35 heavy (non-hydrogen) atoms. The molecule has 5 amide bonds. The Bertz CT molecular complexity index is 1070. The van der Waals surface area contributed by atoms with Crippen molar-refractivity contribution >= 4 is 35.2 Å². The highest BCUT2D eigenvalue weighted by molar-refractivity contribution is 6.23. The summed E-state index contributed by atoms with van der Waals surface area (Å²) in [5.74, 6) is -1.89. The van der Waals surface area contributed by atoms with E-state index in [9.17, 15) is 24.0 Å². The van der Waals surface area contributed by atoms with E-state index >= 15 is 0 Å². The van der Waals surface area contributed by atoms with Gasteiger partial charge in [-0.25, -0.2) is 0 Å². The van der Waals surface area contributed by atoms with Crippen LogP contribution in [-0.2, 0) is 14.4 Å². The number of rotatable bonds is 4. The molecular formula is C24H30N6O5. The first kappa shape index (κ1) is 23.4. The van der Waals surface area contributed by atoms with Crippen molar-refractivity contribution in [3.05, 3.63) is 29.3 Å². The summed E-state index contributed by atoms with van der Waals surface area (Å²) >= 11 is 0. The van der Waals surface area contributed by atoms with E-state index < -0.39 is 29.7 Å². The van der Waals surface area contributed by atoms with Gasteiger partial charge in [0.05, 0.1) is 17.7 Å². The van der Waals surface area contributed by atoms with E-state index in [1.807, 2.05) is 11.0 Å². The first-order chi connectivity index (χ1) is 16.8. The van der Waals surface area contributed by atoms with Crippen LogP contribution < -0.4 is 16.0 Å². The van der Waals surface area contributed by atoms with Crippen LogP contribution in [0.2, 0.25) is 0 Å². The number of nitrogens with one attached hydrogen (secondary N) is 1. The summed E-state index contributed by atoms with van der Waals surface area (Å²) in [6.07, 6.45) is 1.92. The fourth-order valence-electron chi connectivity index (χ4n) is 5.26. The smallest absolute Gasteiger partial charge is 0.262 e. The number of fused-ring (bicyclic) bond motifs is 1. The Hall–Kier alpha value is -3.31. The SMILES string of the molecule is NC1CCN(C(=O)CN2CCN(c3ccc4c(c3)C(=O)N(C3CCC(=O)NC3=O)C4=O)CC2)CC1. The standard InChI is InChI=1S/C24H30N6O5/c25-15-5-7-29(8-6-15)21(32)14-27-9-11-28(12-10-27)16-1-2-17-18(13-16)24(35)30(23(17)34)19-3-4-20(31)26-22(19)33/h1-2,13,15,19H,3-12,14,25H2,(H,26,31,33). The first-order valence-electron chi connectivity index (χ1n) is 12.2. The summed E-state index contributed by atoms with van der Waals surface area (Å²) in [7, 11) is 0. The minimum Gasteiger partial charge on any atom is -0.369 e. The van der Waals surface area contributed by atoms with E-state index in [0.717, 1.165) is 36.5 Å². The highest BCUT2D eigenvalue weighted by Crippen LogP contribution is 2.31. The maximum Gasteiger partial charge on any atom is 0.262 e. The van der Waals surface area contributed by atoms with E-state index in [4.69, 9.17) is 5.73 Å². The zero-order valence-electron chi connectivity index (χ0n) is 19.6. The number of benzene rings is 1. The molecule has 1 unspecified atom stereocenters. The molecule has 0 spiro atoms. The second-order valence-electron chi connectivity index (χ2n) is 9.66. The second-order valence-corrected chi connectivity index (χ2v) is 9.66. The Kier molecular flexibility index (Phi) is 6.28. The lowest BCUT2D eigenvalue weighted by atomic mass is 10.0. The normalized spacial score (nSPS) is 24.1. The van der Waals surface area contributed by atoms with Gasteiger partial charge in [-0.05, 0) is 37.5 Å². The minimum atomic E-state index is -0.972. The van der Waals surface area contributed by atoms with Crippen molar-refractivity contribution in [2.45, 2.75) is 37.8 Å². The van der Waals surface area contributed by atoms with Crippen LogP contribution in [-0.4, -0.2) is 102 Å². The van der Waals surface area contributed by atoms with Crippen molar-refractivity contribution in [3.8, 4) is 0 Å². The lowest BCUT2D eigenvalue weighted by molar-refractivity contribution is -0.136. The van der Waals surface area contributed by atoms with Crippen LogP contribution >= 0.6 is 0 Å². The van der Waals surface area contributed by atoms with Gasteiger partial charge in [-0.2, -0.15) is 0 Å². The van der Waals surface area contributed by atoms with Crippen molar-refractivity contribution in [1.82, 2.24) is 20.0 Å². The summed E-state index contributed by atoms with van der Waals surface area (Å²) < 4.78 is 0. The second kappa shape index (κ2) is 9.38.